The predicted octanol–water partition coefficient (Wildman–Crippen LogP) is 3.39. The molecular weight excluding hydrogens is 321 g/mol. The maximum atomic E-state index is 13.5. The molecule has 22 heavy (non-hydrogen) atoms. The number of thiocarbonyl (C=S) groups is 1. The smallest absolute Gasteiger partial charge is 0.279 e. The molecule has 0 fully saturated rings. The number of amides is 1. The fraction of sp³-hybridized carbons (Fsp3) is 0.200. The minimum atomic E-state index is -0.417. The molecule has 1 amide bonds. The van der Waals surface area contributed by atoms with Crippen molar-refractivity contribution < 1.29 is 9.18 Å². The van der Waals surface area contributed by atoms with Crippen LogP contribution >= 0.6 is 23.6 Å². The van der Waals surface area contributed by atoms with Crippen molar-refractivity contribution >= 4 is 40.3 Å². The van der Waals surface area contributed by atoms with Crippen LogP contribution in [-0.4, -0.2) is 11.0 Å². The zero-order valence-electron chi connectivity index (χ0n) is 12.2. The van der Waals surface area contributed by atoms with Crippen LogP contribution < -0.4 is 16.2 Å². The maximum absolute atomic E-state index is 13.5. The first kappa shape index (κ1) is 16.4. The normalized spacial score (nSPS) is 10.1. The summed E-state index contributed by atoms with van der Waals surface area (Å²) in [6.07, 6.45) is 0.893. The van der Waals surface area contributed by atoms with E-state index in [0.29, 0.717) is 4.88 Å². The summed E-state index contributed by atoms with van der Waals surface area (Å²) in [4.78, 5) is 13.8. The summed E-state index contributed by atoms with van der Waals surface area (Å²) in [7, 11) is 0. The van der Waals surface area contributed by atoms with E-state index < -0.39 is 5.82 Å². The van der Waals surface area contributed by atoms with Crippen LogP contribution in [0.25, 0.3) is 0 Å². The van der Waals surface area contributed by atoms with Gasteiger partial charge in [0.15, 0.2) is 5.11 Å². The van der Waals surface area contributed by atoms with E-state index in [0.717, 1.165) is 12.0 Å². The van der Waals surface area contributed by atoms with Gasteiger partial charge in [-0.15, -0.1) is 11.3 Å². The van der Waals surface area contributed by atoms with Crippen LogP contribution in [0.3, 0.4) is 0 Å². The van der Waals surface area contributed by atoms with Crippen molar-refractivity contribution in [3.63, 3.8) is 0 Å². The van der Waals surface area contributed by atoms with Gasteiger partial charge in [-0.3, -0.25) is 15.6 Å². The Hall–Kier alpha value is -1.99. The highest BCUT2D eigenvalue weighted by Gasteiger charge is 2.12. The number of hydrogen-bond donors (Lipinski definition) is 3. The molecule has 2 aromatic rings. The van der Waals surface area contributed by atoms with Crippen molar-refractivity contribution in [1.82, 2.24) is 10.9 Å². The number of thiophene rings is 1. The number of carbonyl (C=O) groups is 1. The van der Waals surface area contributed by atoms with Crippen LogP contribution in [0.5, 0.6) is 0 Å². The van der Waals surface area contributed by atoms with Crippen LogP contribution in [0.1, 0.15) is 27.0 Å². The second-order valence-corrected chi connectivity index (χ2v) is 6.13. The van der Waals surface area contributed by atoms with Gasteiger partial charge in [0, 0.05) is 4.88 Å². The van der Waals surface area contributed by atoms with Gasteiger partial charge in [0.2, 0.25) is 0 Å². The molecule has 0 aliphatic heterocycles. The third kappa shape index (κ3) is 4.02. The average Bonchev–Trinajstić information content (AvgIpc) is 2.88. The van der Waals surface area contributed by atoms with E-state index in [-0.39, 0.29) is 16.7 Å². The van der Waals surface area contributed by atoms with Crippen molar-refractivity contribution in [3.8, 4) is 0 Å². The molecule has 0 unspecified atom stereocenters. The van der Waals surface area contributed by atoms with E-state index in [9.17, 15) is 9.18 Å². The van der Waals surface area contributed by atoms with Crippen molar-refractivity contribution in [2.24, 2.45) is 0 Å². The number of anilines is 1. The zero-order chi connectivity index (χ0) is 16.1. The standard InChI is InChI=1S/C15H16FN3OS2/c1-3-12-9(2)8-13(22-12)14(20)18-19-15(21)17-11-7-5-4-6-10(11)16/h4-8H,3H2,1-2H3,(H,18,20)(H2,17,19,21). The molecule has 2 rings (SSSR count). The molecule has 0 saturated carbocycles. The van der Waals surface area contributed by atoms with E-state index >= 15 is 0 Å². The molecule has 0 spiro atoms. The van der Waals surface area contributed by atoms with Gasteiger partial charge in [-0.2, -0.15) is 0 Å². The predicted molar refractivity (Wildman–Crippen MR) is 91.7 cm³/mol. The molecule has 1 heterocycles. The highest BCUT2D eigenvalue weighted by atomic mass is 32.1. The van der Waals surface area contributed by atoms with Gasteiger partial charge in [-0.1, -0.05) is 19.1 Å². The summed E-state index contributed by atoms with van der Waals surface area (Å²) in [5.74, 6) is -0.690. The summed E-state index contributed by atoms with van der Waals surface area (Å²) >= 11 is 6.47. The Bertz CT molecular complexity index is 700. The first-order valence-corrected chi connectivity index (χ1v) is 7.95. The highest BCUT2D eigenvalue weighted by Crippen LogP contribution is 2.22. The molecule has 0 bridgehead atoms. The number of aryl methyl sites for hydroxylation is 2. The van der Waals surface area contributed by atoms with E-state index in [4.69, 9.17) is 12.2 Å². The lowest BCUT2D eigenvalue weighted by Crippen LogP contribution is -2.43. The largest absolute Gasteiger partial charge is 0.329 e. The second kappa shape index (κ2) is 7.33. The topological polar surface area (TPSA) is 53.2 Å². The van der Waals surface area contributed by atoms with Gasteiger partial charge in [-0.25, -0.2) is 4.39 Å². The maximum Gasteiger partial charge on any atom is 0.279 e. The number of nitrogens with one attached hydrogen (secondary N) is 3. The Morgan fingerprint density at radius 3 is 2.68 bits per heavy atom. The molecular formula is C15H16FN3OS2. The quantitative estimate of drug-likeness (QED) is 0.594. The number of benzene rings is 1. The minimum Gasteiger partial charge on any atom is -0.329 e. The highest BCUT2D eigenvalue weighted by molar-refractivity contribution is 7.80. The number of hydrazine groups is 1. The van der Waals surface area contributed by atoms with E-state index in [1.54, 1.807) is 18.2 Å². The van der Waals surface area contributed by atoms with Gasteiger partial charge in [0.25, 0.3) is 5.91 Å². The molecule has 0 aliphatic rings. The monoisotopic (exact) mass is 337 g/mol. The van der Waals surface area contributed by atoms with Gasteiger partial charge in [-0.05, 0) is 49.3 Å². The molecule has 0 radical (unpaired) electrons. The number of rotatable bonds is 3. The van der Waals surface area contributed by atoms with E-state index in [1.165, 1.54) is 22.3 Å². The van der Waals surface area contributed by atoms with Gasteiger partial charge >= 0.3 is 0 Å². The summed E-state index contributed by atoms with van der Waals surface area (Å²) in [5, 5.41) is 2.79. The van der Waals surface area contributed by atoms with Crippen LogP contribution in [0.2, 0.25) is 0 Å². The van der Waals surface area contributed by atoms with E-state index in [1.807, 2.05) is 19.9 Å². The Morgan fingerprint density at radius 1 is 1.32 bits per heavy atom. The van der Waals surface area contributed by atoms with Crippen LogP contribution in [-0.2, 0) is 6.42 Å². The van der Waals surface area contributed by atoms with Crippen molar-refractivity contribution in [3.05, 3.63) is 51.5 Å². The molecule has 3 N–H and O–H groups in total. The second-order valence-electron chi connectivity index (χ2n) is 4.58. The van der Waals surface area contributed by atoms with Crippen molar-refractivity contribution in [2.75, 3.05) is 5.32 Å². The van der Waals surface area contributed by atoms with E-state index in [2.05, 4.69) is 16.2 Å². The summed E-state index contributed by atoms with van der Waals surface area (Å²) in [5.41, 5.74) is 6.41. The first-order valence-electron chi connectivity index (χ1n) is 6.72. The number of carbonyl (C=O) groups excluding carboxylic acids is 1. The summed E-state index contributed by atoms with van der Waals surface area (Å²) in [6, 6.07) is 8.00. The molecule has 0 atom stereocenters. The van der Waals surface area contributed by atoms with Crippen LogP contribution in [0.4, 0.5) is 10.1 Å². The molecule has 1 aromatic carbocycles. The minimum absolute atomic E-state index is 0.113. The summed E-state index contributed by atoms with van der Waals surface area (Å²) in [6.45, 7) is 4.02. The van der Waals surface area contributed by atoms with Crippen molar-refractivity contribution in [2.45, 2.75) is 20.3 Å². The molecule has 7 heteroatoms. The lowest BCUT2D eigenvalue weighted by atomic mass is 10.2. The molecule has 0 aliphatic carbocycles. The van der Waals surface area contributed by atoms with Gasteiger partial charge in [0.05, 0.1) is 10.6 Å². The van der Waals surface area contributed by atoms with Crippen LogP contribution in [0.15, 0.2) is 30.3 Å². The first-order chi connectivity index (χ1) is 10.5. The molecule has 0 saturated heterocycles. The lowest BCUT2D eigenvalue weighted by molar-refractivity contribution is 0.0948. The lowest BCUT2D eigenvalue weighted by Gasteiger charge is -2.11. The van der Waals surface area contributed by atoms with Gasteiger partial charge < -0.3 is 5.32 Å². The number of hydrogen-bond acceptors (Lipinski definition) is 3. The molecule has 4 nitrogen and oxygen atoms in total. The summed E-state index contributed by atoms with van der Waals surface area (Å²) < 4.78 is 13.5. The van der Waals surface area contributed by atoms with Gasteiger partial charge in [0.1, 0.15) is 5.82 Å². The SMILES string of the molecule is CCc1sc(C(=O)NNC(=S)Nc2ccccc2F)cc1C. The van der Waals surface area contributed by atoms with Crippen molar-refractivity contribution in [1.29, 1.82) is 0 Å². The number of para-hydroxylation sites is 1. The Morgan fingerprint density at radius 2 is 2.05 bits per heavy atom. The molecule has 1 aromatic heterocycles. The fourth-order valence-corrected chi connectivity index (χ4v) is 3.04. The third-order valence-electron chi connectivity index (χ3n) is 2.98. The third-order valence-corrected chi connectivity index (χ3v) is 4.56. The fourth-order valence-electron chi connectivity index (χ4n) is 1.87. The zero-order valence-corrected chi connectivity index (χ0v) is 13.8. The van der Waals surface area contributed by atoms with Crippen LogP contribution in [0, 0.1) is 12.7 Å². The Kier molecular flexibility index (Phi) is 5.46. The molecule has 116 valence electrons. The Labute approximate surface area is 137 Å². The number of halogens is 1. The Balaban J connectivity index is 1.90. The average molecular weight is 337 g/mol.